The first-order valence-electron chi connectivity index (χ1n) is 5.73. The summed E-state index contributed by atoms with van der Waals surface area (Å²) in [6.07, 6.45) is 2.74. The van der Waals surface area contributed by atoms with Crippen LogP contribution in [0.1, 0.15) is 33.1 Å². The third-order valence-electron chi connectivity index (χ3n) is 2.51. The molecule has 0 aromatic carbocycles. The van der Waals surface area contributed by atoms with Crippen LogP contribution in [0.15, 0.2) is 0 Å². The summed E-state index contributed by atoms with van der Waals surface area (Å²) in [5, 5.41) is 3.00. The normalized spacial score (nSPS) is 22.7. The molecule has 1 aliphatic rings. The Morgan fingerprint density at radius 1 is 1.67 bits per heavy atom. The maximum Gasteiger partial charge on any atom is 0.249 e. The lowest BCUT2D eigenvalue weighted by Crippen LogP contribution is -2.40. The first kappa shape index (κ1) is 12.8. The lowest BCUT2D eigenvalue weighted by atomic mass is 10.2. The van der Waals surface area contributed by atoms with E-state index in [1.165, 1.54) is 0 Å². The second-order valence-corrected chi connectivity index (χ2v) is 5.29. The van der Waals surface area contributed by atoms with Gasteiger partial charge in [0.15, 0.2) is 0 Å². The van der Waals surface area contributed by atoms with Crippen LogP contribution in [0, 0.1) is 0 Å². The standard InChI is InChI=1S/C11H21NO2S/c1-3-15-8-6-9(2)12-11(13)10-5-4-7-14-10/h9-10H,3-8H2,1-2H3,(H,12,13)/t9-,10+/m0/s1. The smallest absolute Gasteiger partial charge is 0.249 e. The summed E-state index contributed by atoms with van der Waals surface area (Å²) in [5.74, 6) is 2.33. The Balaban J connectivity index is 2.13. The first-order chi connectivity index (χ1) is 7.24. The molecule has 1 heterocycles. The van der Waals surface area contributed by atoms with Crippen molar-refractivity contribution in [1.29, 1.82) is 0 Å². The van der Waals surface area contributed by atoms with Gasteiger partial charge in [-0.2, -0.15) is 11.8 Å². The van der Waals surface area contributed by atoms with Gasteiger partial charge in [-0.05, 0) is 37.7 Å². The third-order valence-corrected chi connectivity index (χ3v) is 3.44. The van der Waals surface area contributed by atoms with Crippen molar-refractivity contribution in [3.63, 3.8) is 0 Å². The number of carbonyl (C=O) groups excluding carboxylic acids is 1. The molecule has 0 spiro atoms. The number of rotatable bonds is 6. The summed E-state index contributed by atoms with van der Waals surface area (Å²) in [6.45, 7) is 4.95. The summed E-state index contributed by atoms with van der Waals surface area (Å²) in [4.78, 5) is 11.6. The molecule has 88 valence electrons. The zero-order valence-corrected chi connectivity index (χ0v) is 10.4. The molecule has 0 unspecified atom stereocenters. The van der Waals surface area contributed by atoms with Crippen LogP contribution in [0.4, 0.5) is 0 Å². The van der Waals surface area contributed by atoms with Crippen molar-refractivity contribution in [2.75, 3.05) is 18.1 Å². The van der Waals surface area contributed by atoms with Crippen molar-refractivity contribution in [3.8, 4) is 0 Å². The first-order valence-corrected chi connectivity index (χ1v) is 6.89. The van der Waals surface area contributed by atoms with Gasteiger partial charge >= 0.3 is 0 Å². The van der Waals surface area contributed by atoms with E-state index in [0.717, 1.165) is 37.4 Å². The predicted octanol–water partition coefficient (Wildman–Crippen LogP) is 1.81. The van der Waals surface area contributed by atoms with Gasteiger partial charge < -0.3 is 10.1 Å². The fraction of sp³-hybridized carbons (Fsp3) is 0.909. The summed E-state index contributed by atoms with van der Waals surface area (Å²) >= 11 is 1.91. The molecule has 4 heteroatoms. The maximum absolute atomic E-state index is 11.6. The van der Waals surface area contributed by atoms with E-state index < -0.39 is 0 Å². The molecule has 0 aromatic rings. The van der Waals surface area contributed by atoms with E-state index in [2.05, 4.69) is 19.2 Å². The van der Waals surface area contributed by atoms with E-state index in [1.807, 2.05) is 11.8 Å². The Morgan fingerprint density at radius 2 is 2.47 bits per heavy atom. The minimum absolute atomic E-state index is 0.0708. The van der Waals surface area contributed by atoms with Crippen LogP contribution in [0.25, 0.3) is 0 Å². The molecule has 1 rings (SSSR count). The third kappa shape index (κ3) is 4.89. The van der Waals surface area contributed by atoms with Gasteiger partial charge in [0.2, 0.25) is 5.91 Å². The lowest BCUT2D eigenvalue weighted by Gasteiger charge is -2.16. The zero-order chi connectivity index (χ0) is 11.1. The van der Waals surface area contributed by atoms with Crippen LogP contribution in [-0.2, 0) is 9.53 Å². The highest BCUT2D eigenvalue weighted by Crippen LogP contribution is 2.12. The largest absolute Gasteiger partial charge is 0.368 e. The molecule has 0 aliphatic carbocycles. The monoisotopic (exact) mass is 231 g/mol. The van der Waals surface area contributed by atoms with Gasteiger partial charge in [0.1, 0.15) is 6.10 Å². The van der Waals surface area contributed by atoms with Gasteiger partial charge in [0, 0.05) is 12.6 Å². The summed E-state index contributed by atoms with van der Waals surface area (Å²) in [5.41, 5.74) is 0. The second kappa shape index (κ2) is 7.12. The minimum Gasteiger partial charge on any atom is -0.368 e. The Labute approximate surface area is 96.3 Å². The van der Waals surface area contributed by atoms with E-state index in [-0.39, 0.29) is 18.1 Å². The predicted molar refractivity (Wildman–Crippen MR) is 64.2 cm³/mol. The van der Waals surface area contributed by atoms with Gasteiger partial charge in [-0.25, -0.2) is 0 Å². The average molecular weight is 231 g/mol. The molecule has 1 aliphatic heterocycles. The summed E-state index contributed by atoms with van der Waals surface area (Å²) < 4.78 is 5.32. The fourth-order valence-electron chi connectivity index (χ4n) is 1.60. The molecule has 0 radical (unpaired) electrons. The summed E-state index contributed by atoms with van der Waals surface area (Å²) in [6, 6.07) is 0.265. The van der Waals surface area contributed by atoms with Gasteiger partial charge in [-0.15, -0.1) is 0 Å². The zero-order valence-electron chi connectivity index (χ0n) is 9.62. The Bertz CT molecular complexity index is 193. The molecular formula is C11H21NO2S. The van der Waals surface area contributed by atoms with Crippen LogP contribution in [0.5, 0.6) is 0 Å². The lowest BCUT2D eigenvalue weighted by molar-refractivity contribution is -0.130. The van der Waals surface area contributed by atoms with Gasteiger partial charge in [-0.3, -0.25) is 4.79 Å². The van der Waals surface area contributed by atoms with Crippen LogP contribution < -0.4 is 5.32 Å². The number of amides is 1. The number of hydrogen-bond donors (Lipinski definition) is 1. The van der Waals surface area contributed by atoms with E-state index in [4.69, 9.17) is 4.74 Å². The molecule has 0 saturated carbocycles. The highest BCUT2D eigenvalue weighted by Gasteiger charge is 2.24. The fourth-order valence-corrected chi connectivity index (χ4v) is 2.41. The van der Waals surface area contributed by atoms with Gasteiger partial charge in [0.25, 0.3) is 0 Å². The molecule has 1 amide bonds. The van der Waals surface area contributed by atoms with E-state index >= 15 is 0 Å². The molecule has 1 N–H and O–H groups in total. The van der Waals surface area contributed by atoms with Crippen LogP contribution in [-0.4, -0.2) is 36.2 Å². The Morgan fingerprint density at radius 3 is 3.07 bits per heavy atom. The van der Waals surface area contributed by atoms with Crippen molar-refractivity contribution in [2.45, 2.75) is 45.3 Å². The highest BCUT2D eigenvalue weighted by atomic mass is 32.2. The highest BCUT2D eigenvalue weighted by molar-refractivity contribution is 7.99. The molecule has 2 atom stereocenters. The molecular weight excluding hydrogens is 210 g/mol. The number of hydrogen-bond acceptors (Lipinski definition) is 3. The minimum atomic E-state index is -0.189. The molecule has 15 heavy (non-hydrogen) atoms. The van der Waals surface area contributed by atoms with E-state index in [1.54, 1.807) is 0 Å². The molecule has 1 saturated heterocycles. The topological polar surface area (TPSA) is 38.3 Å². The van der Waals surface area contributed by atoms with Crippen LogP contribution in [0.3, 0.4) is 0 Å². The van der Waals surface area contributed by atoms with Crippen molar-refractivity contribution in [2.24, 2.45) is 0 Å². The molecule has 0 aromatic heterocycles. The van der Waals surface area contributed by atoms with Crippen molar-refractivity contribution >= 4 is 17.7 Å². The van der Waals surface area contributed by atoms with E-state index in [0.29, 0.717) is 0 Å². The van der Waals surface area contributed by atoms with Crippen molar-refractivity contribution in [3.05, 3.63) is 0 Å². The Hall–Kier alpha value is -0.220. The average Bonchev–Trinajstić information content (AvgIpc) is 2.70. The number of carbonyl (C=O) groups is 1. The molecule has 3 nitrogen and oxygen atoms in total. The molecule has 1 fully saturated rings. The van der Waals surface area contributed by atoms with E-state index in [9.17, 15) is 4.79 Å². The van der Waals surface area contributed by atoms with Crippen molar-refractivity contribution < 1.29 is 9.53 Å². The number of nitrogens with one attached hydrogen (secondary N) is 1. The van der Waals surface area contributed by atoms with Crippen LogP contribution >= 0.6 is 11.8 Å². The van der Waals surface area contributed by atoms with Gasteiger partial charge in [0.05, 0.1) is 0 Å². The van der Waals surface area contributed by atoms with Gasteiger partial charge in [-0.1, -0.05) is 6.92 Å². The number of thioether (sulfide) groups is 1. The quantitative estimate of drug-likeness (QED) is 0.709. The number of ether oxygens (including phenoxy) is 1. The van der Waals surface area contributed by atoms with Crippen LogP contribution in [0.2, 0.25) is 0 Å². The van der Waals surface area contributed by atoms with Crippen molar-refractivity contribution in [1.82, 2.24) is 5.32 Å². The summed E-state index contributed by atoms with van der Waals surface area (Å²) in [7, 11) is 0. The SMILES string of the molecule is CCSCC[C@H](C)NC(=O)[C@H]1CCCO1. The molecule has 0 bridgehead atoms. The Kier molecular flexibility index (Phi) is 6.10. The second-order valence-electron chi connectivity index (χ2n) is 3.90. The maximum atomic E-state index is 11.6.